The van der Waals surface area contributed by atoms with Gasteiger partial charge in [-0.15, -0.1) is 0 Å². The number of nitrogens with zero attached hydrogens (tertiary/aromatic N) is 5. The minimum Gasteiger partial charge on any atom is -0.352 e. The van der Waals surface area contributed by atoms with E-state index >= 15 is 0 Å². The summed E-state index contributed by atoms with van der Waals surface area (Å²) in [5.41, 5.74) is 3.24. The molecule has 1 amide bonds. The van der Waals surface area contributed by atoms with Crippen molar-refractivity contribution >= 4 is 5.91 Å². The number of amides is 1. The van der Waals surface area contributed by atoms with E-state index in [4.69, 9.17) is 5.10 Å². The highest BCUT2D eigenvalue weighted by molar-refractivity contribution is 5.78. The molecule has 5 rings (SSSR count). The van der Waals surface area contributed by atoms with Crippen LogP contribution in [0, 0.1) is 5.92 Å². The maximum atomic E-state index is 12.6. The number of aromatic nitrogens is 4. The van der Waals surface area contributed by atoms with Gasteiger partial charge in [0.15, 0.2) is 0 Å². The molecule has 4 aromatic rings. The first-order valence-corrected chi connectivity index (χ1v) is 11.4. The van der Waals surface area contributed by atoms with Crippen LogP contribution in [-0.2, 0) is 17.9 Å². The van der Waals surface area contributed by atoms with E-state index < -0.39 is 0 Å². The van der Waals surface area contributed by atoms with Gasteiger partial charge in [0.1, 0.15) is 5.82 Å². The summed E-state index contributed by atoms with van der Waals surface area (Å²) in [5, 5.41) is 7.77. The fourth-order valence-corrected chi connectivity index (χ4v) is 4.43. The molecule has 7 heteroatoms. The molecule has 7 nitrogen and oxygen atoms in total. The monoisotopic (exact) mass is 440 g/mol. The van der Waals surface area contributed by atoms with Crippen LogP contribution < -0.4 is 5.32 Å². The first-order valence-electron chi connectivity index (χ1n) is 11.4. The molecule has 33 heavy (non-hydrogen) atoms. The van der Waals surface area contributed by atoms with Gasteiger partial charge in [-0.05, 0) is 61.8 Å². The van der Waals surface area contributed by atoms with Gasteiger partial charge in [-0.2, -0.15) is 5.10 Å². The van der Waals surface area contributed by atoms with Crippen molar-refractivity contribution in [3.63, 3.8) is 0 Å². The predicted molar refractivity (Wildman–Crippen MR) is 127 cm³/mol. The fourth-order valence-electron chi connectivity index (χ4n) is 4.43. The highest BCUT2D eigenvalue weighted by atomic mass is 16.1. The standard InChI is InChI=1S/C26H28N6O/c33-25(28-18-21-7-6-12-27-17-21)22-10-15-30(16-11-22)20-23-19-29-32(24-8-2-1-3-9-24)26(23)31-13-4-5-14-31/h1-9,12-14,17,19,22H,10-11,15-16,18,20H2,(H,28,33). The van der Waals surface area contributed by atoms with Crippen LogP contribution in [0.3, 0.4) is 0 Å². The first kappa shape index (κ1) is 21.2. The quantitative estimate of drug-likeness (QED) is 0.477. The Morgan fingerprint density at radius 2 is 1.76 bits per heavy atom. The number of carbonyl (C=O) groups excluding carboxylic acids is 1. The maximum absolute atomic E-state index is 12.6. The third-order valence-corrected chi connectivity index (χ3v) is 6.21. The number of hydrogen-bond donors (Lipinski definition) is 1. The maximum Gasteiger partial charge on any atom is 0.223 e. The van der Waals surface area contributed by atoms with Gasteiger partial charge in [-0.25, -0.2) is 4.68 Å². The zero-order chi connectivity index (χ0) is 22.5. The lowest BCUT2D eigenvalue weighted by Crippen LogP contribution is -2.40. The Hall–Kier alpha value is -3.71. The summed E-state index contributed by atoms with van der Waals surface area (Å²) in [6.07, 6.45) is 11.3. The first-order chi connectivity index (χ1) is 16.3. The predicted octanol–water partition coefficient (Wildman–Crippen LogP) is 3.59. The molecule has 0 unspecified atom stereocenters. The molecule has 1 saturated heterocycles. The highest BCUT2D eigenvalue weighted by Crippen LogP contribution is 2.24. The molecule has 4 heterocycles. The van der Waals surface area contributed by atoms with Gasteiger partial charge in [-0.3, -0.25) is 14.7 Å². The molecular formula is C26H28N6O. The van der Waals surface area contributed by atoms with E-state index in [1.165, 1.54) is 5.56 Å². The van der Waals surface area contributed by atoms with E-state index in [2.05, 4.69) is 44.3 Å². The van der Waals surface area contributed by atoms with Crippen molar-refractivity contribution in [3.05, 3.63) is 96.7 Å². The van der Waals surface area contributed by atoms with Gasteiger partial charge >= 0.3 is 0 Å². The van der Waals surface area contributed by atoms with Gasteiger partial charge in [0, 0.05) is 49.4 Å². The minimum absolute atomic E-state index is 0.0638. The van der Waals surface area contributed by atoms with Gasteiger partial charge in [-0.1, -0.05) is 24.3 Å². The number of benzene rings is 1. The Balaban J connectivity index is 1.23. The minimum atomic E-state index is 0.0638. The second-order valence-corrected chi connectivity index (χ2v) is 8.46. The van der Waals surface area contributed by atoms with Gasteiger partial charge in [0.05, 0.1) is 11.9 Å². The topological polar surface area (TPSA) is 68.0 Å². The lowest BCUT2D eigenvalue weighted by molar-refractivity contribution is -0.126. The van der Waals surface area contributed by atoms with Crippen LogP contribution in [0.5, 0.6) is 0 Å². The largest absolute Gasteiger partial charge is 0.352 e. The SMILES string of the molecule is O=C(NCc1cccnc1)C1CCN(Cc2cnn(-c3ccccc3)c2-n2cccc2)CC1. The average molecular weight is 441 g/mol. The Kier molecular flexibility index (Phi) is 6.30. The van der Waals surface area contributed by atoms with E-state index in [1.54, 1.807) is 12.4 Å². The van der Waals surface area contributed by atoms with Crippen LogP contribution in [0.25, 0.3) is 11.5 Å². The molecule has 0 bridgehead atoms. The van der Waals surface area contributed by atoms with Crippen LogP contribution in [0.15, 0.2) is 85.6 Å². The Bertz CT molecular complexity index is 1160. The summed E-state index contributed by atoms with van der Waals surface area (Å²) in [6, 6.07) is 18.1. The average Bonchev–Trinajstić information content (AvgIpc) is 3.54. The summed E-state index contributed by atoms with van der Waals surface area (Å²) in [6.45, 7) is 3.13. The molecule has 0 spiro atoms. The van der Waals surface area contributed by atoms with E-state index in [-0.39, 0.29) is 11.8 Å². The second kappa shape index (κ2) is 9.83. The van der Waals surface area contributed by atoms with Crippen molar-refractivity contribution in [2.24, 2.45) is 5.92 Å². The fraction of sp³-hybridized carbons (Fsp3) is 0.269. The summed E-state index contributed by atoms with van der Waals surface area (Å²) >= 11 is 0. The number of para-hydroxylation sites is 1. The van der Waals surface area contributed by atoms with Gasteiger partial charge in [0.25, 0.3) is 0 Å². The molecule has 1 aliphatic heterocycles. The van der Waals surface area contributed by atoms with Gasteiger partial charge in [0.2, 0.25) is 5.91 Å². The lowest BCUT2D eigenvalue weighted by Gasteiger charge is -2.31. The third kappa shape index (κ3) is 4.88. The molecular weight excluding hydrogens is 412 g/mol. The number of likely N-dealkylation sites (tertiary alicyclic amines) is 1. The highest BCUT2D eigenvalue weighted by Gasteiger charge is 2.26. The van der Waals surface area contributed by atoms with E-state index in [1.807, 2.05) is 53.3 Å². The Morgan fingerprint density at radius 3 is 2.48 bits per heavy atom. The lowest BCUT2D eigenvalue weighted by atomic mass is 9.95. The number of rotatable bonds is 7. The van der Waals surface area contributed by atoms with Crippen molar-refractivity contribution in [1.82, 2.24) is 29.5 Å². The molecule has 1 aliphatic rings. The van der Waals surface area contributed by atoms with Crippen molar-refractivity contribution in [2.75, 3.05) is 13.1 Å². The molecule has 168 valence electrons. The molecule has 1 fully saturated rings. The summed E-state index contributed by atoms with van der Waals surface area (Å²) < 4.78 is 4.11. The van der Waals surface area contributed by atoms with Crippen LogP contribution in [0.1, 0.15) is 24.0 Å². The molecule has 3 aromatic heterocycles. The van der Waals surface area contributed by atoms with Crippen LogP contribution >= 0.6 is 0 Å². The van der Waals surface area contributed by atoms with E-state index in [0.29, 0.717) is 6.54 Å². The summed E-state index contributed by atoms with van der Waals surface area (Å²) in [4.78, 5) is 19.2. The van der Waals surface area contributed by atoms with Crippen molar-refractivity contribution in [2.45, 2.75) is 25.9 Å². The second-order valence-electron chi connectivity index (χ2n) is 8.46. The number of pyridine rings is 1. The van der Waals surface area contributed by atoms with Crippen LogP contribution in [0.4, 0.5) is 0 Å². The number of nitrogens with one attached hydrogen (secondary N) is 1. The third-order valence-electron chi connectivity index (χ3n) is 6.21. The summed E-state index contributed by atoms with van der Waals surface area (Å²) in [5.74, 6) is 1.26. The summed E-state index contributed by atoms with van der Waals surface area (Å²) in [7, 11) is 0. The van der Waals surface area contributed by atoms with Crippen molar-refractivity contribution in [3.8, 4) is 11.5 Å². The van der Waals surface area contributed by atoms with Crippen molar-refractivity contribution in [1.29, 1.82) is 0 Å². The molecule has 0 aliphatic carbocycles. The molecule has 0 saturated carbocycles. The van der Waals surface area contributed by atoms with E-state index in [0.717, 1.165) is 49.5 Å². The number of hydrogen-bond acceptors (Lipinski definition) is 4. The molecule has 1 aromatic carbocycles. The van der Waals surface area contributed by atoms with Gasteiger partial charge < -0.3 is 9.88 Å². The normalized spacial score (nSPS) is 14.9. The van der Waals surface area contributed by atoms with E-state index in [9.17, 15) is 4.79 Å². The zero-order valence-corrected chi connectivity index (χ0v) is 18.5. The number of piperidine rings is 1. The Labute approximate surface area is 193 Å². The zero-order valence-electron chi connectivity index (χ0n) is 18.5. The van der Waals surface area contributed by atoms with Crippen LogP contribution in [-0.4, -0.2) is 43.2 Å². The number of carbonyl (C=O) groups is 1. The van der Waals surface area contributed by atoms with Crippen molar-refractivity contribution < 1.29 is 4.79 Å². The molecule has 0 radical (unpaired) electrons. The van der Waals surface area contributed by atoms with Crippen LogP contribution in [0.2, 0.25) is 0 Å². The molecule has 1 N–H and O–H groups in total. The smallest absolute Gasteiger partial charge is 0.223 e. The molecule has 0 atom stereocenters. The Morgan fingerprint density at radius 1 is 0.970 bits per heavy atom.